The average molecular weight is 331 g/mol. The molecule has 2 rings (SSSR count). The number of thioether (sulfide) groups is 1. The van der Waals surface area contributed by atoms with Gasteiger partial charge in [-0.1, -0.05) is 34.7 Å². The van der Waals surface area contributed by atoms with Crippen molar-refractivity contribution in [1.29, 1.82) is 0 Å². The van der Waals surface area contributed by atoms with Crippen LogP contribution in [-0.2, 0) is 4.79 Å². The predicted octanol–water partition coefficient (Wildman–Crippen LogP) is 2.83. The van der Waals surface area contributed by atoms with Gasteiger partial charge in [0.05, 0.1) is 21.4 Å². The van der Waals surface area contributed by atoms with Crippen LogP contribution >= 0.6 is 34.7 Å². The minimum atomic E-state index is -0.554. The zero-order valence-corrected chi connectivity index (χ0v) is 12.2. The summed E-state index contributed by atoms with van der Waals surface area (Å²) in [4.78, 5) is 21.8. The van der Waals surface area contributed by atoms with Crippen LogP contribution in [0.1, 0.15) is 0 Å². The maximum absolute atomic E-state index is 11.7. The Labute approximate surface area is 126 Å². The molecule has 0 saturated heterocycles. The van der Waals surface area contributed by atoms with E-state index >= 15 is 0 Å². The third kappa shape index (κ3) is 3.89. The highest BCUT2D eigenvalue weighted by atomic mass is 35.5. The Morgan fingerprint density at radius 3 is 3.00 bits per heavy atom. The van der Waals surface area contributed by atoms with E-state index in [1.54, 1.807) is 5.51 Å². The van der Waals surface area contributed by atoms with Gasteiger partial charge >= 0.3 is 0 Å². The van der Waals surface area contributed by atoms with Crippen molar-refractivity contribution in [2.45, 2.75) is 4.34 Å². The lowest BCUT2D eigenvalue weighted by molar-refractivity contribution is -0.384. The fraction of sp³-hybridized carbons (Fsp3) is 0.100. The third-order valence-electron chi connectivity index (χ3n) is 2.10. The monoisotopic (exact) mass is 330 g/mol. The minimum Gasteiger partial charge on any atom is -0.324 e. The molecule has 1 aromatic carbocycles. The van der Waals surface area contributed by atoms with Crippen LogP contribution in [0.3, 0.4) is 0 Å². The van der Waals surface area contributed by atoms with Gasteiger partial charge < -0.3 is 5.32 Å². The van der Waals surface area contributed by atoms with E-state index in [4.69, 9.17) is 11.6 Å². The van der Waals surface area contributed by atoms with E-state index in [0.717, 1.165) is 0 Å². The number of anilines is 1. The molecule has 1 N–H and O–H groups in total. The smallest absolute Gasteiger partial charge is 0.271 e. The highest BCUT2D eigenvalue weighted by Crippen LogP contribution is 2.27. The molecule has 10 heteroatoms. The Morgan fingerprint density at radius 2 is 2.35 bits per heavy atom. The highest BCUT2D eigenvalue weighted by Gasteiger charge is 2.12. The van der Waals surface area contributed by atoms with E-state index in [1.807, 2.05) is 0 Å². The van der Waals surface area contributed by atoms with Gasteiger partial charge in [-0.05, 0) is 6.07 Å². The summed E-state index contributed by atoms with van der Waals surface area (Å²) in [6, 6.07) is 3.86. The normalized spacial score (nSPS) is 10.2. The van der Waals surface area contributed by atoms with Crippen LogP contribution in [0, 0.1) is 10.1 Å². The second-order valence-corrected chi connectivity index (χ2v) is 5.93. The van der Waals surface area contributed by atoms with Crippen LogP contribution in [0.4, 0.5) is 11.4 Å². The molecule has 0 aliphatic carbocycles. The Kier molecular flexibility index (Phi) is 4.88. The molecule has 2 aromatic rings. The van der Waals surface area contributed by atoms with Crippen molar-refractivity contribution in [1.82, 2.24) is 10.2 Å². The molecule has 0 radical (unpaired) electrons. The van der Waals surface area contributed by atoms with E-state index in [9.17, 15) is 14.9 Å². The van der Waals surface area contributed by atoms with Crippen LogP contribution in [0.25, 0.3) is 0 Å². The molecule has 7 nitrogen and oxygen atoms in total. The van der Waals surface area contributed by atoms with Crippen LogP contribution in [-0.4, -0.2) is 26.8 Å². The number of nitro benzene ring substituents is 1. The van der Waals surface area contributed by atoms with Gasteiger partial charge in [0.1, 0.15) is 5.51 Å². The summed E-state index contributed by atoms with van der Waals surface area (Å²) < 4.78 is 0.672. The van der Waals surface area contributed by atoms with E-state index < -0.39 is 4.92 Å². The largest absolute Gasteiger partial charge is 0.324 e. The molecule has 104 valence electrons. The first-order valence-electron chi connectivity index (χ1n) is 5.19. The summed E-state index contributed by atoms with van der Waals surface area (Å²) in [6.07, 6.45) is 0. The lowest BCUT2D eigenvalue weighted by atomic mass is 10.3. The van der Waals surface area contributed by atoms with Crippen molar-refractivity contribution in [3.63, 3.8) is 0 Å². The predicted molar refractivity (Wildman–Crippen MR) is 77.4 cm³/mol. The summed E-state index contributed by atoms with van der Waals surface area (Å²) >= 11 is 8.43. The van der Waals surface area contributed by atoms with E-state index in [2.05, 4.69) is 15.5 Å². The van der Waals surface area contributed by atoms with Gasteiger partial charge in [0.15, 0.2) is 4.34 Å². The van der Waals surface area contributed by atoms with Crippen molar-refractivity contribution in [3.05, 3.63) is 38.8 Å². The molecule has 1 amide bonds. The number of nitrogens with zero attached hydrogens (tertiary/aromatic N) is 3. The number of aromatic nitrogens is 2. The number of hydrogen-bond donors (Lipinski definition) is 1. The second-order valence-electron chi connectivity index (χ2n) is 3.46. The molecule has 0 unspecified atom stereocenters. The highest BCUT2D eigenvalue weighted by molar-refractivity contribution is 8.01. The second kappa shape index (κ2) is 6.64. The maximum Gasteiger partial charge on any atom is 0.271 e. The van der Waals surface area contributed by atoms with E-state index in [1.165, 1.54) is 41.3 Å². The number of rotatable bonds is 5. The van der Waals surface area contributed by atoms with E-state index in [-0.39, 0.29) is 28.1 Å². The Hall–Kier alpha value is -1.71. The van der Waals surface area contributed by atoms with Gasteiger partial charge in [-0.3, -0.25) is 14.9 Å². The van der Waals surface area contributed by atoms with Crippen molar-refractivity contribution >= 4 is 52.0 Å². The summed E-state index contributed by atoms with van der Waals surface area (Å²) in [5, 5.41) is 20.9. The molecule has 0 bridgehead atoms. The summed E-state index contributed by atoms with van der Waals surface area (Å²) in [5.74, 6) is -0.207. The number of nitro groups is 1. The zero-order chi connectivity index (χ0) is 14.5. The molecule has 1 heterocycles. The summed E-state index contributed by atoms with van der Waals surface area (Å²) in [6.45, 7) is 0. The standard InChI is InChI=1S/C10H7ClN4O3S2/c11-7-2-1-6(15(17)18)3-8(7)13-9(16)4-19-10-14-12-5-20-10/h1-3,5H,4H2,(H,13,16). The van der Waals surface area contributed by atoms with Crippen molar-refractivity contribution in [2.75, 3.05) is 11.1 Å². The average Bonchev–Trinajstić information content (AvgIpc) is 2.92. The molecule has 1 aromatic heterocycles. The molecular formula is C10H7ClN4O3S2. The van der Waals surface area contributed by atoms with Gasteiger partial charge in [-0.25, -0.2) is 0 Å². The first kappa shape index (κ1) is 14.7. The first-order valence-corrected chi connectivity index (χ1v) is 7.43. The topological polar surface area (TPSA) is 98.0 Å². The number of carbonyl (C=O) groups excluding carboxylic acids is 1. The molecule has 0 atom stereocenters. The molecule has 0 aliphatic heterocycles. The minimum absolute atomic E-state index is 0.119. The molecule has 0 aliphatic rings. The lowest BCUT2D eigenvalue weighted by Gasteiger charge is -2.06. The summed E-state index contributed by atoms with van der Waals surface area (Å²) in [5.41, 5.74) is 1.64. The Bertz CT molecular complexity index is 635. The first-order chi connectivity index (χ1) is 9.56. The van der Waals surface area contributed by atoms with Crippen LogP contribution < -0.4 is 5.32 Å². The third-order valence-corrected chi connectivity index (χ3v) is 4.29. The number of hydrogen-bond acceptors (Lipinski definition) is 7. The number of non-ortho nitro benzene ring substituents is 1. The van der Waals surface area contributed by atoms with E-state index in [0.29, 0.717) is 4.34 Å². The lowest BCUT2D eigenvalue weighted by Crippen LogP contribution is -2.14. The van der Waals surface area contributed by atoms with Crippen molar-refractivity contribution < 1.29 is 9.72 Å². The van der Waals surface area contributed by atoms with Crippen LogP contribution in [0.5, 0.6) is 0 Å². The number of amides is 1. The fourth-order valence-corrected chi connectivity index (χ4v) is 2.72. The van der Waals surface area contributed by atoms with Crippen molar-refractivity contribution in [2.24, 2.45) is 0 Å². The Morgan fingerprint density at radius 1 is 1.55 bits per heavy atom. The molecule has 0 spiro atoms. The van der Waals surface area contributed by atoms with Gasteiger partial charge in [0.2, 0.25) is 5.91 Å². The van der Waals surface area contributed by atoms with Gasteiger partial charge in [-0.15, -0.1) is 10.2 Å². The zero-order valence-electron chi connectivity index (χ0n) is 9.78. The number of benzene rings is 1. The van der Waals surface area contributed by atoms with Gasteiger partial charge in [0.25, 0.3) is 5.69 Å². The van der Waals surface area contributed by atoms with Crippen LogP contribution in [0.2, 0.25) is 5.02 Å². The molecular weight excluding hydrogens is 324 g/mol. The summed E-state index contributed by atoms with van der Waals surface area (Å²) in [7, 11) is 0. The number of halogens is 1. The molecule has 20 heavy (non-hydrogen) atoms. The SMILES string of the molecule is O=C(CSc1nncs1)Nc1cc([N+](=O)[O-])ccc1Cl. The van der Waals surface area contributed by atoms with Gasteiger partial charge in [0, 0.05) is 12.1 Å². The van der Waals surface area contributed by atoms with Crippen molar-refractivity contribution in [3.8, 4) is 0 Å². The number of carbonyl (C=O) groups is 1. The number of nitrogens with one attached hydrogen (secondary N) is 1. The Balaban J connectivity index is 2.00. The maximum atomic E-state index is 11.7. The molecule has 0 saturated carbocycles. The fourth-order valence-electron chi connectivity index (χ4n) is 1.26. The molecule has 0 fully saturated rings. The van der Waals surface area contributed by atoms with Gasteiger partial charge in [-0.2, -0.15) is 0 Å². The van der Waals surface area contributed by atoms with Crippen LogP contribution in [0.15, 0.2) is 28.0 Å². The quantitative estimate of drug-likeness (QED) is 0.514.